The molecule has 120 valence electrons. The quantitative estimate of drug-likeness (QED) is 0.686. The van der Waals surface area contributed by atoms with Crippen LogP contribution in [0.4, 0.5) is 13.2 Å². The molecule has 0 saturated heterocycles. The zero-order chi connectivity index (χ0) is 16.9. The first-order chi connectivity index (χ1) is 10.2. The number of amides is 1. The third-order valence-corrected chi connectivity index (χ3v) is 2.72. The van der Waals surface area contributed by atoms with Gasteiger partial charge in [0.2, 0.25) is 5.91 Å². The summed E-state index contributed by atoms with van der Waals surface area (Å²) in [6.45, 7) is 3.30. The summed E-state index contributed by atoms with van der Waals surface area (Å²) in [5.41, 5.74) is -0.717. The molecule has 0 fully saturated rings. The van der Waals surface area contributed by atoms with E-state index in [1.807, 2.05) is 0 Å². The van der Waals surface area contributed by atoms with E-state index in [9.17, 15) is 22.8 Å². The molecule has 0 unspecified atom stereocenters. The van der Waals surface area contributed by atoms with E-state index in [-0.39, 0.29) is 5.56 Å². The highest BCUT2D eigenvalue weighted by Gasteiger charge is 2.37. The Morgan fingerprint density at radius 1 is 1.23 bits per heavy atom. The first-order valence-corrected chi connectivity index (χ1v) is 6.36. The van der Waals surface area contributed by atoms with Gasteiger partial charge in [-0.05, 0) is 25.5 Å². The van der Waals surface area contributed by atoms with Gasteiger partial charge in [-0.3, -0.25) is 4.79 Å². The van der Waals surface area contributed by atoms with Crippen molar-refractivity contribution in [3.63, 3.8) is 0 Å². The van der Waals surface area contributed by atoms with Crippen molar-refractivity contribution in [1.29, 1.82) is 0 Å². The van der Waals surface area contributed by atoms with Crippen LogP contribution in [0.3, 0.4) is 0 Å². The average molecular weight is 315 g/mol. The highest BCUT2D eigenvalue weighted by Crippen LogP contribution is 2.34. The van der Waals surface area contributed by atoms with Crippen LogP contribution in [0.2, 0.25) is 0 Å². The molecular formula is C15H16F3NO3. The van der Waals surface area contributed by atoms with Crippen molar-refractivity contribution in [1.82, 2.24) is 5.32 Å². The molecule has 1 atom stereocenters. The second kappa shape index (κ2) is 7.11. The second-order valence-electron chi connectivity index (χ2n) is 4.77. The number of carbonyl (C=O) groups excluding carboxylic acids is 2. The lowest BCUT2D eigenvalue weighted by Crippen LogP contribution is -2.35. The molecule has 0 spiro atoms. The fourth-order valence-electron chi connectivity index (χ4n) is 1.83. The fourth-order valence-corrected chi connectivity index (χ4v) is 1.83. The molecule has 1 amide bonds. The minimum absolute atomic E-state index is 0.364. The van der Waals surface area contributed by atoms with Crippen LogP contribution in [0.5, 0.6) is 0 Å². The van der Waals surface area contributed by atoms with Gasteiger partial charge in [0.15, 0.2) is 6.04 Å². The number of alkyl halides is 3. The van der Waals surface area contributed by atoms with Crippen LogP contribution in [0, 0.1) is 0 Å². The van der Waals surface area contributed by atoms with Crippen molar-refractivity contribution >= 4 is 11.9 Å². The SMILES string of the molecule is COC(=O)[C@@H](NC(=O)C=C(C)C)c1ccccc1C(F)(F)F. The normalized spacial score (nSPS) is 12.3. The summed E-state index contributed by atoms with van der Waals surface area (Å²) in [5, 5.41) is 2.24. The lowest BCUT2D eigenvalue weighted by Gasteiger charge is -2.20. The molecule has 0 aromatic heterocycles. The fraction of sp³-hybridized carbons (Fsp3) is 0.333. The number of nitrogens with one attached hydrogen (secondary N) is 1. The van der Waals surface area contributed by atoms with Crippen LogP contribution in [-0.2, 0) is 20.5 Å². The number of esters is 1. The van der Waals surface area contributed by atoms with Crippen LogP contribution in [0.15, 0.2) is 35.9 Å². The first kappa shape index (κ1) is 17.7. The molecule has 1 aromatic carbocycles. The van der Waals surface area contributed by atoms with Gasteiger partial charge in [-0.15, -0.1) is 0 Å². The molecule has 0 aliphatic carbocycles. The van der Waals surface area contributed by atoms with Crippen molar-refractivity contribution in [2.24, 2.45) is 0 Å². The van der Waals surface area contributed by atoms with E-state index in [1.54, 1.807) is 13.8 Å². The number of hydrogen-bond donors (Lipinski definition) is 1. The molecule has 0 aliphatic rings. The summed E-state index contributed by atoms with van der Waals surface area (Å²) < 4.78 is 43.6. The van der Waals surface area contributed by atoms with E-state index in [4.69, 9.17) is 0 Å². The molecule has 0 aliphatic heterocycles. The van der Waals surface area contributed by atoms with Crippen molar-refractivity contribution < 1.29 is 27.5 Å². The van der Waals surface area contributed by atoms with E-state index >= 15 is 0 Å². The number of benzene rings is 1. The molecule has 0 heterocycles. The summed E-state index contributed by atoms with van der Waals surface area (Å²) in [4.78, 5) is 23.5. The number of halogens is 3. The van der Waals surface area contributed by atoms with Gasteiger partial charge < -0.3 is 10.1 Å². The number of carbonyl (C=O) groups is 2. The molecule has 1 N–H and O–H groups in total. The molecule has 1 rings (SSSR count). The van der Waals surface area contributed by atoms with Crippen molar-refractivity contribution in [3.05, 3.63) is 47.0 Å². The number of ether oxygens (including phenoxy) is 1. The van der Waals surface area contributed by atoms with Gasteiger partial charge in [-0.2, -0.15) is 13.2 Å². The Balaban J connectivity index is 3.27. The Kier molecular flexibility index (Phi) is 5.73. The Morgan fingerprint density at radius 3 is 2.32 bits per heavy atom. The predicted molar refractivity (Wildman–Crippen MR) is 73.8 cm³/mol. The maximum atomic E-state index is 13.0. The van der Waals surface area contributed by atoms with E-state index in [0.717, 1.165) is 19.2 Å². The van der Waals surface area contributed by atoms with Crippen molar-refractivity contribution in [2.45, 2.75) is 26.1 Å². The molecule has 22 heavy (non-hydrogen) atoms. The third-order valence-electron chi connectivity index (χ3n) is 2.72. The minimum Gasteiger partial charge on any atom is -0.467 e. The molecule has 7 heteroatoms. The van der Waals surface area contributed by atoms with E-state index < -0.39 is 29.7 Å². The Hall–Kier alpha value is -2.31. The molecule has 0 radical (unpaired) electrons. The molecule has 0 saturated carbocycles. The highest BCUT2D eigenvalue weighted by molar-refractivity contribution is 5.92. The second-order valence-corrected chi connectivity index (χ2v) is 4.77. The lowest BCUT2D eigenvalue weighted by molar-refractivity contribution is -0.146. The highest BCUT2D eigenvalue weighted by atomic mass is 19.4. The number of rotatable bonds is 4. The monoisotopic (exact) mass is 315 g/mol. The number of methoxy groups -OCH3 is 1. The Bertz CT molecular complexity index is 590. The van der Waals surface area contributed by atoms with Gasteiger partial charge >= 0.3 is 12.1 Å². The summed E-state index contributed by atoms with van der Waals surface area (Å²) >= 11 is 0. The summed E-state index contributed by atoms with van der Waals surface area (Å²) in [7, 11) is 1.04. The van der Waals surface area contributed by atoms with Crippen LogP contribution in [0.1, 0.15) is 31.0 Å². The van der Waals surface area contributed by atoms with E-state index in [1.165, 1.54) is 18.2 Å². The Labute approximate surface area is 126 Å². The van der Waals surface area contributed by atoms with Gasteiger partial charge in [0, 0.05) is 6.08 Å². The number of allylic oxidation sites excluding steroid dienone is 1. The van der Waals surface area contributed by atoms with Gasteiger partial charge in [0.1, 0.15) is 0 Å². The summed E-state index contributed by atoms with van der Waals surface area (Å²) in [5.74, 6) is -1.65. The molecule has 0 bridgehead atoms. The van der Waals surface area contributed by atoms with Crippen LogP contribution >= 0.6 is 0 Å². The zero-order valence-corrected chi connectivity index (χ0v) is 12.3. The maximum Gasteiger partial charge on any atom is 0.416 e. The molecule has 1 aromatic rings. The maximum absolute atomic E-state index is 13.0. The van der Waals surface area contributed by atoms with Crippen LogP contribution < -0.4 is 5.32 Å². The van der Waals surface area contributed by atoms with Gasteiger partial charge in [-0.1, -0.05) is 23.8 Å². The minimum atomic E-state index is -4.65. The predicted octanol–water partition coefficient (Wildman–Crippen LogP) is 3.00. The smallest absolute Gasteiger partial charge is 0.416 e. The summed E-state index contributed by atoms with van der Waals surface area (Å²) in [6, 6.07) is 3.00. The van der Waals surface area contributed by atoms with Gasteiger partial charge in [-0.25, -0.2) is 4.79 Å². The van der Waals surface area contributed by atoms with Crippen LogP contribution in [-0.4, -0.2) is 19.0 Å². The van der Waals surface area contributed by atoms with Crippen LogP contribution in [0.25, 0.3) is 0 Å². The van der Waals surface area contributed by atoms with Gasteiger partial charge in [0.05, 0.1) is 12.7 Å². The van der Waals surface area contributed by atoms with Gasteiger partial charge in [0.25, 0.3) is 0 Å². The van der Waals surface area contributed by atoms with E-state index in [0.29, 0.717) is 5.57 Å². The zero-order valence-electron chi connectivity index (χ0n) is 12.3. The average Bonchev–Trinajstić information content (AvgIpc) is 2.42. The largest absolute Gasteiger partial charge is 0.467 e. The molecular weight excluding hydrogens is 299 g/mol. The topological polar surface area (TPSA) is 55.4 Å². The summed E-state index contributed by atoms with van der Waals surface area (Å²) in [6.07, 6.45) is -3.46. The van der Waals surface area contributed by atoms with E-state index in [2.05, 4.69) is 10.1 Å². The lowest BCUT2D eigenvalue weighted by atomic mass is 9.99. The first-order valence-electron chi connectivity index (χ1n) is 6.36. The van der Waals surface area contributed by atoms with Crippen molar-refractivity contribution in [3.8, 4) is 0 Å². The standard InChI is InChI=1S/C15H16F3NO3/c1-9(2)8-12(20)19-13(14(21)22-3)10-6-4-5-7-11(10)15(16,17)18/h4-8,13H,1-3H3,(H,19,20)/t13-/m0/s1. The molecule has 4 nitrogen and oxygen atoms in total. The Morgan fingerprint density at radius 2 is 1.82 bits per heavy atom. The number of hydrogen-bond acceptors (Lipinski definition) is 3. The third kappa shape index (κ3) is 4.61. The van der Waals surface area contributed by atoms with Crippen molar-refractivity contribution in [2.75, 3.05) is 7.11 Å².